The van der Waals surface area contributed by atoms with Gasteiger partial charge in [0.1, 0.15) is 16.9 Å². The molecule has 36 heavy (non-hydrogen) atoms. The second-order valence-electron chi connectivity index (χ2n) is 8.75. The number of hydrogen-bond donors (Lipinski definition) is 2. The van der Waals surface area contributed by atoms with Gasteiger partial charge in [0.2, 0.25) is 5.91 Å². The van der Waals surface area contributed by atoms with Gasteiger partial charge in [-0.1, -0.05) is 12.1 Å². The lowest BCUT2D eigenvalue weighted by atomic mass is 9.96. The van der Waals surface area contributed by atoms with Crippen LogP contribution in [0.1, 0.15) is 29.2 Å². The van der Waals surface area contributed by atoms with Crippen molar-refractivity contribution in [2.45, 2.75) is 32.9 Å². The maximum Gasteiger partial charge on any atom is 0.273 e. The largest absolute Gasteiger partial charge is 0.337 e. The zero-order valence-corrected chi connectivity index (χ0v) is 20.4. The SMILES string of the molecule is Cc1cc(C#N)cc(F)c1-n1nc2c(-c3ccc4c(c3)CN(C(=O)[C@H](C)N)CC4)n[nH]c2cc1=O.Cl. The van der Waals surface area contributed by atoms with E-state index in [1.54, 1.807) is 18.7 Å². The van der Waals surface area contributed by atoms with E-state index in [2.05, 4.69) is 15.3 Å². The number of rotatable bonds is 3. The van der Waals surface area contributed by atoms with Crippen LogP contribution < -0.4 is 11.3 Å². The number of benzene rings is 2. The highest BCUT2D eigenvalue weighted by Crippen LogP contribution is 2.29. The summed E-state index contributed by atoms with van der Waals surface area (Å²) in [6, 6.07) is 11.1. The zero-order chi connectivity index (χ0) is 24.9. The molecule has 3 heterocycles. The molecule has 184 valence electrons. The third-order valence-corrected chi connectivity index (χ3v) is 6.23. The summed E-state index contributed by atoms with van der Waals surface area (Å²) in [6.45, 7) is 4.35. The van der Waals surface area contributed by atoms with E-state index < -0.39 is 17.4 Å². The van der Waals surface area contributed by atoms with Crippen LogP contribution in [0.2, 0.25) is 0 Å². The van der Waals surface area contributed by atoms with Crippen LogP contribution in [0.5, 0.6) is 0 Å². The Kier molecular flexibility index (Phi) is 6.63. The minimum absolute atomic E-state index is 0. The van der Waals surface area contributed by atoms with Gasteiger partial charge in [0, 0.05) is 24.7 Å². The van der Waals surface area contributed by atoms with Crippen LogP contribution in [0.15, 0.2) is 41.2 Å². The van der Waals surface area contributed by atoms with E-state index in [4.69, 9.17) is 11.0 Å². The molecule has 0 aliphatic carbocycles. The lowest BCUT2D eigenvalue weighted by molar-refractivity contribution is -0.133. The average molecular weight is 508 g/mol. The minimum atomic E-state index is -0.715. The Balaban J connectivity index is 0.00000304. The molecule has 1 aliphatic heterocycles. The van der Waals surface area contributed by atoms with Crippen molar-refractivity contribution in [3.63, 3.8) is 0 Å². The third-order valence-electron chi connectivity index (χ3n) is 6.23. The van der Waals surface area contributed by atoms with Crippen LogP contribution in [0.25, 0.3) is 28.0 Å². The van der Waals surface area contributed by atoms with E-state index in [9.17, 15) is 14.0 Å². The molecule has 3 N–H and O–H groups in total. The molecule has 1 amide bonds. The van der Waals surface area contributed by atoms with Crippen LogP contribution in [-0.4, -0.2) is 43.4 Å². The number of fused-ring (bicyclic) bond motifs is 2. The van der Waals surface area contributed by atoms with Gasteiger partial charge >= 0.3 is 0 Å². The third kappa shape index (κ3) is 4.23. The average Bonchev–Trinajstić information content (AvgIpc) is 3.24. The molecule has 2 aromatic heterocycles. The summed E-state index contributed by atoms with van der Waals surface area (Å²) < 4.78 is 15.8. The number of H-pyrrole nitrogens is 1. The van der Waals surface area contributed by atoms with E-state index in [0.29, 0.717) is 35.4 Å². The first-order valence-electron chi connectivity index (χ1n) is 11.1. The highest BCUT2D eigenvalue weighted by Gasteiger charge is 2.24. The number of nitrogens with one attached hydrogen (secondary N) is 1. The number of aromatic nitrogens is 4. The molecule has 0 radical (unpaired) electrons. The topological polar surface area (TPSA) is 134 Å². The smallest absolute Gasteiger partial charge is 0.273 e. The Morgan fingerprint density at radius 1 is 1.25 bits per heavy atom. The zero-order valence-electron chi connectivity index (χ0n) is 19.6. The normalized spacial score (nSPS) is 13.6. The molecule has 0 saturated heterocycles. The van der Waals surface area contributed by atoms with Crippen LogP contribution >= 0.6 is 12.4 Å². The van der Waals surface area contributed by atoms with Crippen LogP contribution in [-0.2, 0) is 17.8 Å². The molecule has 1 atom stereocenters. The Hall–Kier alpha value is -4.07. The van der Waals surface area contributed by atoms with Crippen LogP contribution in [0.3, 0.4) is 0 Å². The van der Waals surface area contributed by atoms with Crippen molar-refractivity contribution in [3.05, 3.63) is 74.8 Å². The van der Waals surface area contributed by atoms with E-state index in [1.165, 1.54) is 12.1 Å². The number of carbonyl (C=O) groups excluding carboxylic acids is 1. The molecule has 0 spiro atoms. The van der Waals surface area contributed by atoms with Crippen molar-refractivity contribution in [3.8, 4) is 23.0 Å². The van der Waals surface area contributed by atoms with E-state index >= 15 is 0 Å². The van der Waals surface area contributed by atoms with Crippen LogP contribution in [0, 0.1) is 24.1 Å². The Bertz CT molecular complexity index is 1580. The van der Waals surface area contributed by atoms with Gasteiger partial charge in [0.05, 0.1) is 23.2 Å². The first-order chi connectivity index (χ1) is 16.8. The van der Waals surface area contributed by atoms with E-state index in [1.807, 2.05) is 24.3 Å². The molecule has 0 saturated carbocycles. The van der Waals surface area contributed by atoms with Crippen LogP contribution in [0.4, 0.5) is 4.39 Å². The molecule has 11 heteroatoms. The van der Waals surface area contributed by atoms with Gasteiger partial charge in [-0.15, -0.1) is 12.4 Å². The Morgan fingerprint density at radius 3 is 2.72 bits per heavy atom. The number of amides is 1. The number of nitrogens with zero attached hydrogens (tertiary/aromatic N) is 5. The summed E-state index contributed by atoms with van der Waals surface area (Å²) in [7, 11) is 0. The van der Waals surface area contributed by atoms with Gasteiger partial charge < -0.3 is 10.6 Å². The van der Waals surface area contributed by atoms with E-state index in [0.717, 1.165) is 33.9 Å². The number of nitriles is 1. The van der Waals surface area contributed by atoms with Gasteiger partial charge in [-0.05, 0) is 55.2 Å². The number of aromatic amines is 1. The molecular formula is C25H23ClFN7O2. The van der Waals surface area contributed by atoms with Crippen molar-refractivity contribution in [1.82, 2.24) is 24.9 Å². The van der Waals surface area contributed by atoms with Crippen molar-refractivity contribution in [1.29, 1.82) is 5.26 Å². The maximum absolute atomic E-state index is 14.8. The second kappa shape index (κ2) is 9.53. The van der Waals surface area contributed by atoms with Crippen molar-refractivity contribution >= 4 is 29.3 Å². The van der Waals surface area contributed by atoms with Gasteiger partial charge in [0.15, 0.2) is 5.82 Å². The standard InChI is InChI=1S/C25H22FN7O2.ClH/c1-13-7-15(11-27)8-19(26)24(13)33-21(34)10-20-23(31-33)22(30-29-20)17-4-3-16-5-6-32(12-18(16)9-17)25(35)14(2)28;/h3-4,7-10,14,29H,5-6,12,28H2,1-2H3;1H/t14-;/m0./s1. The molecule has 1 aliphatic rings. The fourth-order valence-corrected chi connectivity index (χ4v) is 4.50. The second-order valence-corrected chi connectivity index (χ2v) is 8.75. The van der Waals surface area contributed by atoms with Crippen molar-refractivity contribution in [2.75, 3.05) is 6.54 Å². The Morgan fingerprint density at radius 2 is 2.03 bits per heavy atom. The quantitative estimate of drug-likeness (QED) is 0.438. The molecular weight excluding hydrogens is 485 g/mol. The fourth-order valence-electron chi connectivity index (χ4n) is 4.50. The molecule has 4 aromatic rings. The number of hydrogen-bond acceptors (Lipinski definition) is 6. The molecule has 0 fully saturated rings. The maximum atomic E-state index is 14.8. The molecule has 0 bridgehead atoms. The lowest BCUT2D eigenvalue weighted by Gasteiger charge is -2.30. The molecule has 9 nitrogen and oxygen atoms in total. The monoisotopic (exact) mass is 507 g/mol. The number of aryl methyl sites for hydroxylation is 1. The number of carbonyl (C=O) groups is 1. The predicted octanol–water partition coefficient (Wildman–Crippen LogP) is 2.75. The summed E-state index contributed by atoms with van der Waals surface area (Å²) in [6.07, 6.45) is 0.727. The summed E-state index contributed by atoms with van der Waals surface area (Å²) in [5, 5.41) is 20.7. The summed E-state index contributed by atoms with van der Waals surface area (Å²) >= 11 is 0. The summed E-state index contributed by atoms with van der Waals surface area (Å²) in [4.78, 5) is 26.9. The van der Waals surface area contributed by atoms with Crippen molar-refractivity contribution in [2.24, 2.45) is 5.73 Å². The van der Waals surface area contributed by atoms with E-state index in [-0.39, 0.29) is 29.6 Å². The van der Waals surface area contributed by atoms with Gasteiger partial charge in [-0.3, -0.25) is 14.7 Å². The first kappa shape index (κ1) is 25.0. The lowest BCUT2D eigenvalue weighted by Crippen LogP contribution is -2.44. The summed E-state index contributed by atoms with van der Waals surface area (Å²) in [5.74, 6) is -0.815. The Labute approximate surface area is 211 Å². The molecule has 2 aromatic carbocycles. The molecule has 0 unspecified atom stereocenters. The first-order valence-corrected chi connectivity index (χ1v) is 11.1. The predicted molar refractivity (Wildman–Crippen MR) is 134 cm³/mol. The van der Waals surface area contributed by atoms with Gasteiger partial charge in [-0.2, -0.15) is 20.1 Å². The highest BCUT2D eigenvalue weighted by atomic mass is 35.5. The minimum Gasteiger partial charge on any atom is -0.337 e. The number of halogens is 2. The summed E-state index contributed by atoms with van der Waals surface area (Å²) in [5.41, 5.74) is 9.99. The van der Waals surface area contributed by atoms with Gasteiger partial charge in [-0.25, -0.2) is 4.39 Å². The fraction of sp³-hybridized carbons (Fsp3) is 0.240. The molecule has 5 rings (SSSR count). The highest BCUT2D eigenvalue weighted by molar-refractivity contribution is 5.89. The van der Waals surface area contributed by atoms with Crippen molar-refractivity contribution < 1.29 is 9.18 Å². The van der Waals surface area contributed by atoms with Gasteiger partial charge in [0.25, 0.3) is 5.56 Å². The number of nitrogens with two attached hydrogens (primary N) is 1.